The Balaban J connectivity index is 0.914. The summed E-state index contributed by atoms with van der Waals surface area (Å²) < 4.78 is 34.2. The Morgan fingerprint density at radius 3 is 2.16 bits per heavy atom. The van der Waals surface area contributed by atoms with Crippen LogP contribution in [0, 0.1) is 11.7 Å². The summed E-state index contributed by atoms with van der Waals surface area (Å²) in [6.07, 6.45) is 18.5. The number of anilines is 1. The number of benzene rings is 6. The van der Waals surface area contributed by atoms with Crippen LogP contribution in [0.3, 0.4) is 0 Å². The number of unbranched alkanes of at least 4 members (excludes halogenated alkanes) is 2. The van der Waals surface area contributed by atoms with Crippen LogP contribution in [0.15, 0.2) is 121 Å². The van der Waals surface area contributed by atoms with Gasteiger partial charge in [-0.15, -0.1) is 0 Å². The van der Waals surface area contributed by atoms with E-state index in [4.69, 9.17) is 14.2 Å². The van der Waals surface area contributed by atoms with Crippen molar-refractivity contribution in [1.29, 1.82) is 0 Å². The number of fused-ring (bicyclic) bond motifs is 6. The maximum atomic E-state index is 14.5. The third-order valence-electron chi connectivity index (χ3n) is 14.7. The van der Waals surface area contributed by atoms with Crippen LogP contribution in [-0.4, -0.2) is 19.1 Å². The zero-order chi connectivity index (χ0) is 43.8. The summed E-state index contributed by atoms with van der Waals surface area (Å²) in [6, 6.07) is 37.8. The predicted octanol–water partition coefficient (Wildman–Crippen LogP) is 14.8. The average molecular weight is 854 g/mol. The molecule has 1 unspecified atom stereocenters. The molecule has 0 bridgehead atoms. The minimum Gasteiger partial charge on any atom is -0.472 e. The maximum Gasteiger partial charge on any atom is 0.343 e. The summed E-state index contributed by atoms with van der Waals surface area (Å²) in [6.45, 7) is 9.13. The number of carbonyl (C=O) groups excluding carboxylic acids is 1. The molecule has 6 aromatic rings. The Morgan fingerprint density at radius 2 is 1.45 bits per heavy atom. The predicted molar refractivity (Wildman–Crippen MR) is 257 cm³/mol. The van der Waals surface area contributed by atoms with Crippen LogP contribution in [-0.2, 0) is 22.5 Å². The summed E-state index contributed by atoms with van der Waals surface area (Å²) >= 11 is 0. The molecule has 0 N–H and O–H groups in total. The SMILES string of the molecule is CCCCCC1CCC(c2ccc(OC(=O)c3ccc(-c4ccc5c6c(c7c(c5c4)COC7(C)C)C=CC(c4ccc(F)cc4)(c4ccc(N5CCCCC5)cc4)O6)cc3)cc2)CC1. The second-order valence-electron chi connectivity index (χ2n) is 19.2. The van der Waals surface area contributed by atoms with E-state index in [9.17, 15) is 9.18 Å². The molecule has 10 rings (SSSR count). The topological polar surface area (TPSA) is 48.0 Å². The van der Waals surface area contributed by atoms with E-state index in [-0.39, 0.29) is 11.8 Å². The van der Waals surface area contributed by atoms with E-state index in [1.807, 2.05) is 48.5 Å². The van der Waals surface area contributed by atoms with Crippen molar-refractivity contribution in [3.63, 3.8) is 0 Å². The summed E-state index contributed by atoms with van der Waals surface area (Å²) in [7, 11) is 0. The molecule has 1 atom stereocenters. The van der Waals surface area contributed by atoms with E-state index >= 15 is 0 Å². The smallest absolute Gasteiger partial charge is 0.343 e. The van der Waals surface area contributed by atoms with E-state index in [1.54, 1.807) is 0 Å². The minimum absolute atomic E-state index is 0.288. The first kappa shape index (κ1) is 42.2. The van der Waals surface area contributed by atoms with Gasteiger partial charge >= 0.3 is 5.97 Å². The lowest BCUT2D eigenvalue weighted by Gasteiger charge is -2.38. The first-order chi connectivity index (χ1) is 31.2. The molecule has 64 heavy (non-hydrogen) atoms. The van der Waals surface area contributed by atoms with E-state index in [1.165, 1.54) is 94.0 Å². The number of nitrogens with zero attached hydrogens (tertiary/aromatic N) is 1. The fourth-order valence-corrected chi connectivity index (χ4v) is 11.0. The molecule has 0 spiro atoms. The van der Waals surface area contributed by atoms with E-state index in [0.29, 0.717) is 23.8 Å². The molecule has 0 aromatic heterocycles. The zero-order valence-corrected chi connectivity index (χ0v) is 37.6. The lowest BCUT2D eigenvalue weighted by Crippen LogP contribution is -2.35. The minimum atomic E-state index is -0.996. The van der Waals surface area contributed by atoms with Crippen molar-refractivity contribution in [3.8, 4) is 22.6 Å². The van der Waals surface area contributed by atoms with Gasteiger partial charge in [-0.3, -0.25) is 0 Å². The van der Waals surface area contributed by atoms with Crippen molar-refractivity contribution in [2.45, 2.75) is 115 Å². The van der Waals surface area contributed by atoms with Gasteiger partial charge in [0.2, 0.25) is 0 Å². The summed E-state index contributed by atoms with van der Waals surface area (Å²) in [4.78, 5) is 15.8. The molecular weight excluding hydrogens is 794 g/mol. The van der Waals surface area contributed by atoms with Crippen molar-refractivity contribution in [2.24, 2.45) is 5.92 Å². The van der Waals surface area contributed by atoms with Gasteiger partial charge in [-0.1, -0.05) is 99.3 Å². The first-order valence-electron chi connectivity index (χ1n) is 23.9. The van der Waals surface area contributed by atoms with Crippen LogP contribution in [0.25, 0.3) is 28.0 Å². The van der Waals surface area contributed by atoms with Crippen molar-refractivity contribution < 1.29 is 23.4 Å². The van der Waals surface area contributed by atoms with Crippen molar-refractivity contribution >= 4 is 28.5 Å². The van der Waals surface area contributed by atoms with Gasteiger partial charge in [0.05, 0.1) is 17.8 Å². The van der Waals surface area contributed by atoms with Gasteiger partial charge < -0.3 is 19.1 Å². The van der Waals surface area contributed by atoms with E-state index < -0.39 is 11.2 Å². The molecule has 1 saturated heterocycles. The Kier molecular flexibility index (Phi) is 11.7. The molecule has 328 valence electrons. The second kappa shape index (κ2) is 17.7. The Labute approximate surface area is 378 Å². The molecule has 5 nitrogen and oxygen atoms in total. The molecule has 3 heterocycles. The fourth-order valence-electron chi connectivity index (χ4n) is 11.0. The van der Waals surface area contributed by atoms with Crippen LogP contribution in [0.4, 0.5) is 10.1 Å². The van der Waals surface area contributed by atoms with Gasteiger partial charge in [-0.25, -0.2) is 9.18 Å². The highest BCUT2D eigenvalue weighted by Crippen LogP contribution is 2.53. The third-order valence-corrected chi connectivity index (χ3v) is 14.7. The van der Waals surface area contributed by atoms with Crippen LogP contribution in [0.1, 0.15) is 141 Å². The van der Waals surface area contributed by atoms with E-state index in [0.717, 1.165) is 74.5 Å². The fraction of sp³-hybridized carbons (Fsp3) is 0.362. The van der Waals surface area contributed by atoms with Crippen molar-refractivity contribution in [2.75, 3.05) is 18.0 Å². The quantitative estimate of drug-likeness (QED) is 0.0738. The van der Waals surface area contributed by atoms with Crippen LogP contribution in [0.5, 0.6) is 11.5 Å². The van der Waals surface area contributed by atoms with Crippen molar-refractivity contribution in [3.05, 3.63) is 166 Å². The number of rotatable bonds is 11. The molecule has 1 saturated carbocycles. The lowest BCUT2D eigenvalue weighted by molar-refractivity contribution is -0.00802. The second-order valence-corrected chi connectivity index (χ2v) is 19.2. The van der Waals surface area contributed by atoms with Crippen LogP contribution >= 0.6 is 0 Å². The van der Waals surface area contributed by atoms with Crippen LogP contribution in [0.2, 0.25) is 0 Å². The van der Waals surface area contributed by atoms with Gasteiger partial charge in [0.1, 0.15) is 17.3 Å². The highest BCUT2D eigenvalue weighted by Gasteiger charge is 2.43. The molecule has 6 heteroatoms. The largest absolute Gasteiger partial charge is 0.472 e. The molecular formula is C58H60FNO4. The number of hydrogen-bond acceptors (Lipinski definition) is 5. The number of halogens is 1. The molecule has 2 fully saturated rings. The van der Waals surface area contributed by atoms with Gasteiger partial charge in [-0.05, 0) is 159 Å². The third kappa shape index (κ3) is 8.15. The molecule has 4 aliphatic rings. The van der Waals surface area contributed by atoms with Gasteiger partial charge in [0.25, 0.3) is 0 Å². The Bertz CT molecular complexity index is 2650. The molecule has 3 aliphatic heterocycles. The van der Waals surface area contributed by atoms with Gasteiger partial charge in [0, 0.05) is 46.4 Å². The molecule has 0 amide bonds. The average Bonchev–Trinajstić information content (AvgIpc) is 3.67. The number of hydrogen-bond donors (Lipinski definition) is 0. The highest BCUT2D eigenvalue weighted by atomic mass is 19.1. The van der Waals surface area contributed by atoms with Crippen LogP contribution < -0.4 is 14.4 Å². The number of esters is 1. The normalized spacial score (nSPS) is 21.3. The zero-order valence-electron chi connectivity index (χ0n) is 37.6. The number of ether oxygens (including phenoxy) is 3. The van der Waals surface area contributed by atoms with Crippen molar-refractivity contribution in [1.82, 2.24) is 0 Å². The molecule has 1 aliphatic carbocycles. The number of carbonyl (C=O) groups is 1. The molecule has 0 radical (unpaired) electrons. The van der Waals surface area contributed by atoms with E-state index in [2.05, 4.69) is 92.4 Å². The lowest BCUT2D eigenvalue weighted by atomic mass is 9.77. The number of piperidine rings is 1. The monoisotopic (exact) mass is 853 g/mol. The summed E-state index contributed by atoms with van der Waals surface area (Å²) in [5, 5.41) is 2.05. The summed E-state index contributed by atoms with van der Waals surface area (Å²) in [5.41, 5.74) is 8.64. The standard InChI is InChI=1S/C58H60FNO4/c1-4-5-7-10-39-11-13-40(14-12-39)41-19-30-49(31-20-41)63-56(61)43-17-15-42(16-18-43)44-21-32-50-52(37-44)53-38-62-57(2,3)54(53)51-33-34-58(64-55(50)51,45-22-26-47(59)27-23-45)46-24-28-48(29-25-46)60-35-8-6-9-36-60/h15-34,37,39-40H,4-14,35-36,38H2,1-3H3. The Morgan fingerprint density at radius 1 is 0.766 bits per heavy atom. The maximum absolute atomic E-state index is 14.5. The summed E-state index contributed by atoms with van der Waals surface area (Å²) in [5.74, 6) is 2.16. The Hall–Kier alpha value is -5.72. The highest BCUT2D eigenvalue weighted by molar-refractivity contribution is 6.00. The van der Waals surface area contributed by atoms with Gasteiger partial charge in [0.15, 0.2) is 5.60 Å². The van der Waals surface area contributed by atoms with Gasteiger partial charge in [-0.2, -0.15) is 0 Å². The molecule has 6 aromatic carbocycles. The first-order valence-corrected chi connectivity index (χ1v) is 23.9.